The van der Waals surface area contributed by atoms with Gasteiger partial charge in [0.15, 0.2) is 6.61 Å². The second kappa shape index (κ2) is 9.04. The largest absolute Gasteiger partial charge is 0.497 e. The zero-order chi connectivity index (χ0) is 21.7. The summed E-state index contributed by atoms with van der Waals surface area (Å²) in [6.07, 6.45) is 1.45. The Kier molecular flexibility index (Phi) is 6.26. The monoisotopic (exact) mass is 408 g/mol. The van der Waals surface area contributed by atoms with Crippen LogP contribution in [-0.2, 0) is 16.1 Å². The highest BCUT2D eigenvalue weighted by Gasteiger charge is 2.35. The Hall–Kier alpha value is -3.94. The summed E-state index contributed by atoms with van der Waals surface area (Å²) in [5.74, 6) is -1.51. The number of nitrogens with one attached hydrogen (secondary N) is 1. The number of rotatable bonds is 8. The third-order valence-electron chi connectivity index (χ3n) is 4.48. The van der Waals surface area contributed by atoms with Gasteiger partial charge in [0, 0.05) is 13.1 Å². The zero-order valence-corrected chi connectivity index (χ0v) is 16.3. The summed E-state index contributed by atoms with van der Waals surface area (Å²) in [6, 6.07) is 11.3. The average molecular weight is 408 g/mol. The molecule has 0 bridgehead atoms. The fourth-order valence-electron chi connectivity index (χ4n) is 2.96. The predicted octanol–water partition coefficient (Wildman–Crippen LogP) is 1.95. The van der Waals surface area contributed by atoms with Crippen LogP contribution in [0.5, 0.6) is 5.75 Å². The van der Waals surface area contributed by atoms with Gasteiger partial charge < -0.3 is 14.8 Å². The van der Waals surface area contributed by atoms with Crippen molar-refractivity contribution in [1.82, 2.24) is 10.2 Å². The van der Waals surface area contributed by atoms with Crippen LogP contribution < -0.4 is 10.1 Å². The molecule has 1 heterocycles. The van der Waals surface area contributed by atoms with Crippen molar-refractivity contribution in [2.24, 2.45) is 0 Å². The maximum absolute atomic E-state index is 12.3. The predicted molar refractivity (Wildman–Crippen MR) is 107 cm³/mol. The molecule has 0 aliphatic carbocycles. The summed E-state index contributed by atoms with van der Waals surface area (Å²) in [7, 11) is 1.55. The summed E-state index contributed by atoms with van der Waals surface area (Å²) in [6.45, 7) is 3.38. The minimum Gasteiger partial charge on any atom is -0.497 e. The Balaban J connectivity index is 1.57. The fraction of sp³-hybridized carbons (Fsp3) is 0.182. The maximum atomic E-state index is 12.3. The molecular formula is C22H20N2O6. The van der Waals surface area contributed by atoms with Crippen molar-refractivity contribution in [3.05, 3.63) is 77.4 Å². The van der Waals surface area contributed by atoms with Crippen LogP contribution in [-0.4, -0.2) is 48.9 Å². The molecule has 0 radical (unpaired) electrons. The van der Waals surface area contributed by atoms with Gasteiger partial charge in [0.25, 0.3) is 17.7 Å². The molecule has 0 fully saturated rings. The first-order valence-electron chi connectivity index (χ1n) is 9.12. The van der Waals surface area contributed by atoms with Crippen molar-refractivity contribution in [3.63, 3.8) is 0 Å². The van der Waals surface area contributed by atoms with Gasteiger partial charge in [0.1, 0.15) is 5.75 Å². The molecule has 2 aromatic carbocycles. The summed E-state index contributed by atoms with van der Waals surface area (Å²) >= 11 is 0. The zero-order valence-electron chi connectivity index (χ0n) is 16.3. The van der Waals surface area contributed by atoms with E-state index in [1.807, 2.05) is 6.07 Å². The van der Waals surface area contributed by atoms with Crippen LogP contribution in [0.1, 0.15) is 36.6 Å². The number of methoxy groups -OCH3 is 1. The SMILES string of the molecule is C=CCN1C(=O)c2ccc(C(=O)OCC(=O)NCc3cccc(OC)c3)cc2C1=O. The second-order valence-corrected chi connectivity index (χ2v) is 6.47. The van der Waals surface area contributed by atoms with E-state index in [-0.39, 0.29) is 29.8 Å². The molecule has 0 saturated heterocycles. The molecular weight excluding hydrogens is 388 g/mol. The number of imide groups is 1. The van der Waals surface area contributed by atoms with Gasteiger partial charge in [-0.25, -0.2) is 4.79 Å². The van der Waals surface area contributed by atoms with Crippen LogP contribution in [0.15, 0.2) is 55.1 Å². The van der Waals surface area contributed by atoms with Gasteiger partial charge in [-0.15, -0.1) is 6.58 Å². The molecule has 3 amide bonds. The van der Waals surface area contributed by atoms with Crippen molar-refractivity contribution in [1.29, 1.82) is 0 Å². The summed E-state index contributed by atoms with van der Waals surface area (Å²) in [5, 5.41) is 2.64. The Labute approximate surface area is 173 Å². The summed E-state index contributed by atoms with van der Waals surface area (Å²) in [4.78, 5) is 49.8. The molecule has 1 aliphatic heterocycles. The van der Waals surface area contributed by atoms with Crippen LogP contribution in [0.4, 0.5) is 0 Å². The van der Waals surface area contributed by atoms with Crippen LogP contribution >= 0.6 is 0 Å². The normalized spacial score (nSPS) is 12.4. The van der Waals surface area contributed by atoms with Gasteiger partial charge in [-0.05, 0) is 35.9 Å². The highest BCUT2D eigenvalue weighted by molar-refractivity contribution is 6.22. The lowest BCUT2D eigenvalue weighted by Gasteiger charge is -2.09. The molecule has 0 atom stereocenters. The number of carbonyl (C=O) groups excluding carboxylic acids is 4. The number of nitrogens with zero attached hydrogens (tertiary/aromatic N) is 1. The Bertz CT molecular complexity index is 1030. The van der Waals surface area contributed by atoms with E-state index < -0.39 is 30.3 Å². The molecule has 0 saturated carbocycles. The quantitative estimate of drug-likeness (QED) is 0.407. The van der Waals surface area contributed by atoms with Gasteiger partial charge in [-0.1, -0.05) is 18.2 Å². The van der Waals surface area contributed by atoms with Crippen LogP contribution in [0.25, 0.3) is 0 Å². The second-order valence-electron chi connectivity index (χ2n) is 6.47. The minimum atomic E-state index is -0.767. The lowest BCUT2D eigenvalue weighted by molar-refractivity contribution is -0.124. The number of fused-ring (bicyclic) bond motifs is 1. The highest BCUT2D eigenvalue weighted by atomic mass is 16.5. The van der Waals surface area contributed by atoms with Gasteiger partial charge in [-0.2, -0.15) is 0 Å². The first-order chi connectivity index (χ1) is 14.4. The van der Waals surface area contributed by atoms with Gasteiger partial charge in [-0.3, -0.25) is 19.3 Å². The fourth-order valence-corrected chi connectivity index (χ4v) is 2.96. The number of ether oxygens (including phenoxy) is 2. The number of hydrogen-bond acceptors (Lipinski definition) is 6. The molecule has 0 spiro atoms. The maximum Gasteiger partial charge on any atom is 0.338 e. The van der Waals surface area contributed by atoms with Crippen LogP contribution in [0.3, 0.4) is 0 Å². The van der Waals surface area contributed by atoms with E-state index in [0.29, 0.717) is 5.75 Å². The van der Waals surface area contributed by atoms with E-state index in [1.54, 1.807) is 25.3 Å². The van der Waals surface area contributed by atoms with Crippen LogP contribution in [0.2, 0.25) is 0 Å². The number of esters is 1. The number of carbonyl (C=O) groups is 4. The molecule has 154 valence electrons. The van der Waals surface area contributed by atoms with E-state index in [9.17, 15) is 19.2 Å². The molecule has 1 aliphatic rings. The smallest absolute Gasteiger partial charge is 0.338 e. The number of hydrogen-bond donors (Lipinski definition) is 1. The lowest BCUT2D eigenvalue weighted by atomic mass is 10.1. The topological polar surface area (TPSA) is 102 Å². The number of amides is 3. The Morgan fingerprint density at radius 2 is 1.87 bits per heavy atom. The molecule has 0 unspecified atom stereocenters. The van der Waals surface area contributed by atoms with Crippen molar-refractivity contribution in [3.8, 4) is 5.75 Å². The van der Waals surface area contributed by atoms with E-state index >= 15 is 0 Å². The van der Waals surface area contributed by atoms with E-state index in [0.717, 1.165) is 10.5 Å². The summed E-state index contributed by atoms with van der Waals surface area (Å²) in [5.41, 5.74) is 1.25. The van der Waals surface area contributed by atoms with E-state index in [4.69, 9.17) is 9.47 Å². The third kappa shape index (κ3) is 4.38. The molecule has 8 nitrogen and oxygen atoms in total. The third-order valence-corrected chi connectivity index (χ3v) is 4.48. The summed E-state index contributed by atoms with van der Waals surface area (Å²) < 4.78 is 10.1. The molecule has 2 aromatic rings. The molecule has 0 aromatic heterocycles. The van der Waals surface area contributed by atoms with Gasteiger partial charge in [0.05, 0.1) is 23.8 Å². The van der Waals surface area contributed by atoms with Gasteiger partial charge >= 0.3 is 5.97 Å². The Morgan fingerprint density at radius 3 is 2.60 bits per heavy atom. The number of benzene rings is 2. The average Bonchev–Trinajstić information content (AvgIpc) is 3.00. The standard InChI is InChI=1S/C22H20N2O6/c1-3-9-24-20(26)17-8-7-15(11-18(17)21(24)27)22(28)30-13-19(25)23-12-14-5-4-6-16(10-14)29-2/h3-8,10-11H,1,9,12-13H2,2H3,(H,23,25). The lowest BCUT2D eigenvalue weighted by Crippen LogP contribution is -2.29. The highest BCUT2D eigenvalue weighted by Crippen LogP contribution is 2.24. The first-order valence-corrected chi connectivity index (χ1v) is 9.12. The molecule has 3 rings (SSSR count). The van der Waals surface area contributed by atoms with Crippen molar-refractivity contribution < 1.29 is 28.7 Å². The Morgan fingerprint density at radius 1 is 1.10 bits per heavy atom. The van der Waals surface area contributed by atoms with Crippen LogP contribution in [0, 0.1) is 0 Å². The first kappa shape index (κ1) is 20.8. The van der Waals surface area contributed by atoms with Crippen molar-refractivity contribution in [2.75, 3.05) is 20.3 Å². The molecule has 1 N–H and O–H groups in total. The minimum absolute atomic E-state index is 0.0796. The molecule has 8 heteroatoms. The van der Waals surface area contributed by atoms with E-state index in [1.165, 1.54) is 24.3 Å². The van der Waals surface area contributed by atoms with Crippen molar-refractivity contribution >= 4 is 23.7 Å². The molecule has 30 heavy (non-hydrogen) atoms. The van der Waals surface area contributed by atoms with E-state index in [2.05, 4.69) is 11.9 Å². The van der Waals surface area contributed by atoms with Crippen molar-refractivity contribution in [2.45, 2.75) is 6.54 Å². The van der Waals surface area contributed by atoms with Gasteiger partial charge in [0.2, 0.25) is 0 Å².